The molecule has 0 unspecified atom stereocenters. The molecule has 0 heterocycles. The summed E-state index contributed by atoms with van der Waals surface area (Å²) in [6.45, 7) is 0. The van der Waals surface area contributed by atoms with Gasteiger partial charge in [0.2, 0.25) is 0 Å². The van der Waals surface area contributed by atoms with Crippen LogP contribution in [0.5, 0.6) is 5.75 Å². The van der Waals surface area contributed by atoms with Gasteiger partial charge in [0.15, 0.2) is 0 Å². The predicted octanol–water partition coefficient (Wildman–Crippen LogP) is 5.58. The van der Waals surface area contributed by atoms with Crippen LogP contribution in [-0.4, -0.2) is 57.2 Å². The molecule has 1 aromatic carbocycles. The van der Waals surface area contributed by atoms with E-state index in [1.54, 1.807) is 0 Å². The normalized spacial score (nSPS) is 15.6. The molecule has 32 heavy (non-hydrogen) atoms. The van der Waals surface area contributed by atoms with Crippen LogP contribution in [0.2, 0.25) is 0 Å². The third kappa shape index (κ3) is 4.88. The Labute approximate surface area is 176 Å². The van der Waals surface area contributed by atoms with E-state index < -0.39 is 55.4 Å². The molecule has 4 nitrogen and oxygen atoms in total. The van der Waals surface area contributed by atoms with E-state index in [0.717, 1.165) is 12.5 Å². The summed E-state index contributed by atoms with van der Waals surface area (Å²) in [5.74, 6) is -23.5. The van der Waals surface area contributed by atoms with Crippen LogP contribution >= 0.6 is 10.3 Å². The molecule has 1 rings (SSSR count). The lowest BCUT2D eigenvalue weighted by atomic mass is 10.0. The molecule has 0 saturated carbocycles. The molecular formula is C15H15F11O4S2. The fourth-order valence-corrected chi connectivity index (χ4v) is 6.06. The third-order valence-corrected chi connectivity index (χ3v) is 7.87. The van der Waals surface area contributed by atoms with Gasteiger partial charge in [-0.25, -0.2) is 3.63 Å². The first-order valence-electron chi connectivity index (χ1n) is 7.84. The second-order valence-corrected chi connectivity index (χ2v) is 11.8. The van der Waals surface area contributed by atoms with Crippen molar-refractivity contribution in [2.45, 2.75) is 35.0 Å². The van der Waals surface area contributed by atoms with Crippen LogP contribution in [0.3, 0.4) is 0 Å². The molecule has 0 aliphatic rings. The van der Waals surface area contributed by atoms with Crippen molar-refractivity contribution in [3.8, 4) is 5.75 Å². The molecule has 0 spiro atoms. The first kappa shape index (κ1) is 28.5. The maximum atomic E-state index is 13.9. The molecule has 0 bridgehead atoms. The predicted molar refractivity (Wildman–Crippen MR) is 92.0 cm³/mol. The summed E-state index contributed by atoms with van der Waals surface area (Å²) in [5.41, 5.74) is 0.185. The zero-order valence-electron chi connectivity index (χ0n) is 16.1. The quantitative estimate of drug-likeness (QED) is 0.390. The molecule has 0 atom stereocenters. The number of halogens is 11. The Hall–Kier alpha value is -1.49. The highest BCUT2D eigenvalue weighted by atomic mass is 32.3. The van der Waals surface area contributed by atoms with Gasteiger partial charge in [-0.15, -0.1) is 10.3 Å². The smallest absolute Gasteiger partial charge is 0.460 e. The van der Waals surface area contributed by atoms with Gasteiger partial charge in [-0.05, 0) is 30.2 Å². The Bertz CT molecular complexity index is 910. The maximum Gasteiger partial charge on any atom is 0.460 e. The summed E-state index contributed by atoms with van der Waals surface area (Å²) in [7, 11) is -9.22. The van der Waals surface area contributed by atoms with Gasteiger partial charge in [-0.3, -0.25) is 0 Å². The zero-order chi connectivity index (χ0) is 25.6. The molecule has 0 fully saturated rings. The molecule has 188 valence electrons. The Kier molecular flexibility index (Phi) is 7.47. The average Bonchev–Trinajstić information content (AvgIpc) is 2.59. The van der Waals surface area contributed by atoms with E-state index in [-0.39, 0.29) is 5.56 Å². The highest BCUT2D eigenvalue weighted by Gasteiger charge is 2.90. The second-order valence-electron chi connectivity index (χ2n) is 6.69. The number of methoxy groups -OCH3 is 1. The van der Waals surface area contributed by atoms with E-state index >= 15 is 0 Å². The van der Waals surface area contributed by atoms with Crippen molar-refractivity contribution in [1.82, 2.24) is 0 Å². The van der Waals surface area contributed by atoms with Crippen molar-refractivity contribution >= 4 is 20.4 Å². The fourth-order valence-electron chi connectivity index (χ4n) is 2.15. The van der Waals surface area contributed by atoms with Crippen molar-refractivity contribution in [2.24, 2.45) is 0 Å². The number of hydrogen-bond donors (Lipinski definition) is 0. The zero-order valence-corrected chi connectivity index (χ0v) is 17.8. The Balaban J connectivity index is 3.31. The van der Waals surface area contributed by atoms with Gasteiger partial charge in [-0.2, -0.15) is 56.7 Å². The SMILES string of the molecule is COc1ccc(CS(C)(C)OS(=O)(=O)C(F)(F)C(F)(F)C(F)(F)C(F)(F)C(F)(F)F)cc1. The molecule has 0 aromatic heterocycles. The average molecular weight is 532 g/mol. The lowest BCUT2D eigenvalue weighted by molar-refractivity contribution is -0.413. The number of ether oxygens (including phenoxy) is 1. The van der Waals surface area contributed by atoms with Gasteiger partial charge in [0.1, 0.15) is 5.75 Å². The van der Waals surface area contributed by atoms with Gasteiger partial charge in [0.25, 0.3) is 0 Å². The first-order chi connectivity index (χ1) is 14.0. The van der Waals surface area contributed by atoms with Gasteiger partial charge < -0.3 is 4.74 Å². The molecule has 1 aromatic rings. The van der Waals surface area contributed by atoms with Crippen molar-refractivity contribution < 1.29 is 65.1 Å². The number of benzene rings is 1. The summed E-state index contributed by atoms with van der Waals surface area (Å²) in [5, 5.41) is -7.16. The van der Waals surface area contributed by atoms with Crippen LogP contribution in [0.15, 0.2) is 24.3 Å². The van der Waals surface area contributed by atoms with E-state index in [0.29, 0.717) is 5.75 Å². The van der Waals surface area contributed by atoms with Crippen molar-refractivity contribution in [3.63, 3.8) is 0 Å². The monoisotopic (exact) mass is 532 g/mol. The van der Waals surface area contributed by atoms with E-state index in [1.807, 2.05) is 0 Å². The number of alkyl halides is 11. The molecule has 0 N–H and O–H groups in total. The number of hydrogen-bond acceptors (Lipinski definition) is 4. The minimum absolute atomic E-state index is 0.185. The highest BCUT2D eigenvalue weighted by molar-refractivity contribution is 8.31. The van der Waals surface area contributed by atoms with Crippen LogP contribution in [0.4, 0.5) is 48.3 Å². The first-order valence-corrected chi connectivity index (χ1v) is 11.8. The van der Waals surface area contributed by atoms with E-state index in [2.05, 4.69) is 3.63 Å². The molecule has 0 aliphatic carbocycles. The minimum atomic E-state index is -7.85. The summed E-state index contributed by atoms with van der Waals surface area (Å²) >= 11 is 0. The summed E-state index contributed by atoms with van der Waals surface area (Å²) < 4.78 is 176. The lowest BCUT2D eigenvalue weighted by Crippen LogP contribution is -2.68. The second kappa shape index (κ2) is 8.38. The third-order valence-electron chi connectivity index (χ3n) is 3.77. The topological polar surface area (TPSA) is 52.6 Å². The fraction of sp³-hybridized carbons (Fsp3) is 0.600. The largest absolute Gasteiger partial charge is 0.497 e. The molecule has 17 heteroatoms. The lowest BCUT2D eigenvalue weighted by Gasteiger charge is -2.38. The molecular weight excluding hydrogens is 517 g/mol. The van der Waals surface area contributed by atoms with Gasteiger partial charge in [0.05, 0.1) is 7.11 Å². The van der Waals surface area contributed by atoms with Crippen molar-refractivity contribution in [2.75, 3.05) is 19.6 Å². The van der Waals surface area contributed by atoms with Crippen LogP contribution in [-0.2, 0) is 19.5 Å². The Morgan fingerprint density at radius 3 is 1.56 bits per heavy atom. The standard InChI is InChI=1S/C15H15F11O4S2/c1-29-10-6-4-9(5-7-10)8-31(2,3)30-32(27,28)15(25,26)13(20,21)11(16,17)12(18,19)14(22,23)24/h4-7H,8H2,1-3H3. The van der Waals surface area contributed by atoms with Crippen molar-refractivity contribution in [3.05, 3.63) is 29.8 Å². The van der Waals surface area contributed by atoms with E-state index in [4.69, 9.17) is 4.74 Å². The van der Waals surface area contributed by atoms with E-state index in [9.17, 15) is 56.7 Å². The number of rotatable bonds is 9. The molecule has 0 aliphatic heterocycles. The molecule has 0 amide bonds. The van der Waals surface area contributed by atoms with E-state index in [1.165, 1.54) is 31.4 Å². The summed E-state index contributed by atoms with van der Waals surface area (Å²) in [6, 6.07) is 5.24. The highest BCUT2D eigenvalue weighted by Crippen LogP contribution is 2.60. The van der Waals surface area contributed by atoms with Crippen LogP contribution in [0, 0.1) is 0 Å². The summed E-state index contributed by atoms with van der Waals surface area (Å²) in [4.78, 5) is 0. The minimum Gasteiger partial charge on any atom is -0.497 e. The van der Waals surface area contributed by atoms with Gasteiger partial charge in [-0.1, -0.05) is 12.1 Å². The van der Waals surface area contributed by atoms with Crippen LogP contribution < -0.4 is 4.74 Å². The van der Waals surface area contributed by atoms with Crippen LogP contribution in [0.1, 0.15) is 5.56 Å². The summed E-state index contributed by atoms with van der Waals surface area (Å²) in [6.07, 6.45) is -5.75. The Morgan fingerprint density at radius 1 is 0.750 bits per heavy atom. The van der Waals surface area contributed by atoms with Crippen LogP contribution in [0.25, 0.3) is 0 Å². The molecule has 0 radical (unpaired) electrons. The van der Waals surface area contributed by atoms with Gasteiger partial charge in [0, 0.05) is 5.75 Å². The molecule has 0 saturated heterocycles. The maximum absolute atomic E-state index is 13.9. The van der Waals surface area contributed by atoms with Crippen molar-refractivity contribution in [1.29, 1.82) is 0 Å². The van der Waals surface area contributed by atoms with Gasteiger partial charge >= 0.3 is 39.3 Å². The Morgan fingerprint density at radius 2 is 1.19 bits per heavy atom.